The lowest BCUT2D eigenvalue weighted by atomic mass is 10.1. The summed E-state index contributed by atoms with van der Waals surface area (Å²) < 4.78 is 3.47. The van der Waals surface area contributed by atoms with E-state index < -0.39 is 0 Å². The molecule has 0 fully saturated rings. The van der Waals surface area contributed by atoms with Crippen LogP contribution < -0.4 is 0 Å². The van der Waals surface area contributed by atoms with E-state index in [1.54, 1.807) is 27.7 Å². The average Bonchev–Trinajstić information content (AvgIpc) is 3.28. The van der Waals surface area contributed by atoms with Gasteiger partial charge in [-0.15, -0.1) is 10.2 Å². The largest absolute Gasteiger partial charge is 0.508 e. The molecule has 2 N–H and O–H groups in total. The van der Waals surface area contributed by atoms with E-state index in [4.69, 9.17) is 0 Å². The molecule has 0 unspecified atom stereocenters. The maximum absolute atomic E-state index is 10.2. The van der Waals surface area contributed by atoms with Crippen molar-refractivity contribution in [1.82, 2.24) is 29.4 Å². The highest BCUT2D eigenvalue weighted by Gasteiger charge is 2.17. The molecule has 2 aromatic carbocycles. The molecule has 28 heavy (non-hydrogen) atoms. The van der Waals surface area contributed by atoms with E-state index >= 15 is 0 Å². The SMILES string of the molecule is Cc1ccc(-n2ncc3c2ncn2c(-c4ccc(O)cc4O)nnc32)cc1C. The minimum absolute atomic E-state index is 0.0229. The Kier molecular flexibility index (Phi) is 3.35. The van der Waals surface area contributed by atoms with Crippen LogP contribution in [0, 0.1) is 13.8 Å². The Morgan fingerprint density at radius 3 is 2.54 bits per heavy atom. The number of hydrogen-bond donors (Lipinski definition) is 2. The van der Waals surface area contributed by atoms with Gasteiger partial charge in [-0.1, -0.05) is 6.07 Å². The van der Waals surface area contributed by atoms with E-state index in [-0.39, 0.29) is 11.5 Å². The van der Waals surface area contributed by atoms with Gasteiger partial charge in [-0.25, -0.2) is 9.67 Å². The van der Waals surface area contributed by atoms with Crippen LogP contribution in [-0.2, 0) is 0 Å². The van der Waals surface area contributed by atoms with Crippen molar-refractivity contribution >= 4 is 16.7 Å². The Balaban J connectivity index is 1.71. The second-order valence-corrected chi connectivity index (χ2v) is 6.73. The molecule has 0 atom stereocenters. The van der Waals surface area contributed by atoms with Crippen LogP contribution >= 0.6 is 0 Å². The van der Waals surface area contributed by atoms with Crippen molar-refractivity contribution in [2.24, 2.45) is 0 Å². The normalized spacial score (nSPS) is 11.5. The van der Waals surface area contributed by atoms with Gasteiger partial charge in [0.2, 0.25) is 0 Å². The molecular formula is C20H16N6O2. The first-order valence-corrected chi connectivity index (χ1v) is 8.70. The minimum Gasteiger partial charge on any atom is -0.508 e. The van der Waals surface area contributed by atoms with Gasteiger partial charge in [0.25, 0.3) is 0 Å². The van der Waals surface area contributed by atoms with Gasteiger partial charge in [0, 0.05) is 6.07 Å². The summed E-state index contributed by atoms with van der Waals surface area (Å²) in [6.45, 7) is 4.13. The van der Waals surface area contributed by atoms with Gasteiger partial charge in [0.1, 0.15) is 17.8 Å². The fourth-order valence-electron chi connectivity index (χ4n) is 3.26. The standard InChI is InChI=1S/C20H16N6O2/c1-11-3-4-13(7-12(11)2)26-18-16(9-22-26)20-24-23-19(25(20)10-21-18)15-6-5-14(27)8-17(15)28/h3-10,27-28H,1-2H3. The number of nitrogens with zero attached hydrogens (tertiary/aromatic N) is 6. The van der Waals surface area contributed by atoms with Gasteiger partial charge in [0.05, 0.1) is 22.8 Å². The smallest absolute Gasteiger partial charge is 0.175 e. The fourth-order valence-corrected chi connectivity index (χ4v) is 3.26. The second kappa shape index (κ2) is 5.78. The lowest BCUT2D eigenvalue weighted by Crippen LogP contribution is -2.00. The topological polar surface area (TPSA) is 101 Å². The van der Waals surface area contributed by atoms with Gasteiger partial charge < -0.3 is 10.2 Å². The van der Waals surface area contributed by atoms with Gasteiger partial charge >= 0.3 is 0 Å². The number of benzene rings is 2. The van der Waals surface area contributed by atoms with E-state index in [9.17, 15) is 10.2 Å². The summed E-state index contributed by atoms with van der Waals surface area (Å²) in [5.41, 5.74) is 5.02. The van der Waals surface area contributed by atoms with E-state index in [1.165, 1.54) is 23.3 Å². The molecule has 8 nitrogen and oxygen atoms in total. The number of aryl methyl sites for hydroxylation is 2. The van der Waals surface area contributed by atoms with E-state index in [0.717, 1.165) is 11.1 Å². The number of fused-ring (bicyclic) bond motifs is 3. The minimum atomic E-state index is -0.0831. The van der Waals surface area contributed by atoms with Crippen LogP contribution in [0.4, 0.5) is 0 Å². The van der Waals surface area contributed by atoms with E-state index in [2.05, 4.69) is 46.3 Å². The molecule has 0 aliphatic heterocycles. The molecule has 0 saturated carbocycles. The first kappa shape index (κ1) is 16.2. The van der Waals surface area contributed by atoms with Crippen molar-refractivity contribution in [1.29, 1.82) is 0 Å². The highest BCUT2D eigenvalue weighted by atomic mass is 16.3. The quantitative estimate of drug-likeness (QED) is 0.494. The molecule has 0 aliphatic rings. The van der Waals surface area contributed by atoms with Crippen LogP contribution in [0.2, 0.25) is 0 Å². The molecule has 0 radical (unpaired) electrons. The third-order valence-electron chi connectivity index (χ3n) is 4.93. The van der Waals surface area contributed by atoms with Gasteiger partial charge in [-0.2, -0.15) is 5.10 Å². The van der Waals surface area contributed by atoms with E-state index in [0.29, 0.717) is 22.7 Å². The van der Waals surface area contributed by atoms with Crippen molar-refractivity contribution in [2.45, 2.75) is 13.8 Å². The third-order valence-corrected chi connectivity index (χ3v) is 4.93. The van der Waals surface area contributed by atoms with Crippen LogP contribution in [-0.4, -0.2) is 39.6 Å². The van der Waals surface area contributed by atoms with Gasteiger partial charge in [0.15, 0.2) is 17.1 Å². The number of phenols is 2. The van der Waals surface area contributed by atoms with Crippen molar-refractivity contribution in [3.8, 4) is 28.6 Å². The average molecular weight is 372 g/mol. The molecule has 0 spiro atoms. The van der Waals surface area contributed by atoms with Crippen molar-refractivity contribution in [3.63, 3.8) is 0 Å². The fraction of sp³-hybridized carbons (Fsp3) is 0.100. The molecule has 3 heterocycles. The van der Waals surface area contributed by atoms with Crippen LogP contribution in [0.1, 0.15) is 11.1 Å². The zero-order valence-corrected chi connectivity index (χ0v) is 15.2. The predicted molar refractivity (Wildman–Crippen MR) is 104 cm³/mol. The Bertz CT molecular complexity index is 1370. The number of aromatic hydroxyl groups is 2. The monoisotopic (exact) mass is 372 g/mol. The Morgan fingerprint density at radius 2 is 1.75 bits per heavy atom. The van der Waals surface area contributed by atoms with Gasteiger partial charge in [-0.3, -0.25) is 4.40 Å². The number of rotatable bonds is 2. The van der Waals surface area contributed by atoms with Gasteiger partial charge in [-0.05, 0) is 49.2 Å². The van der Waals surface area contributed by atoms with Crippen LogP contribution in [0.25, 0.3) is 33.8 Å². The lowest BCUT2D eigenvalue weighted by Gasteiger charge is -2.07. The van der Waals surface area contributed by atoms with Crippen molar-refractivity contribution in [3.05, 3.63) is 60.0 Å². The summed E-state index contributed by atoms with van der Waals surface area (Å²) in [7, 11) is 0. The summed E-state index contributed by atoms with van der Waals surface area (Å²) in [6, 6.07) is 10.5. The van der Waals surface area contributed by atoms with Crippen LogP contribution in [0.15, 0.2) is 48.9 Å². The zero-order valence-electron chi connectivity index (χ0n) is 15.2. The molecule has 5 rings (SSSR count). The summed E-state index contributed by atoms with van der Waals surface area (Å²) in [6.07, 6.45) is 3.32. The first-order valence-electron chi connectivity index (χ1n) is 8.70. The highest BCUT2D eigenvalue weighted by molar-refractivity contribution is 5.90. The maximum Gasteiger partial charge on any atom is 0.175 e. The molecule has 3 aromatic heterocycles. The molecule has 0 amide bonds. The molecule has 0 bridgehead atoms. The zero-order chi connectivity index (χ0) is 19.4. The van der Waals surface area contributed by atoms with Crippen molar-refractivity contribution < 1.29 is 10.2 Å². The number of phenolic OH excluding ortho intramolecular Hbond substituents is 2. The molecule has 8 heteroatoms. The Hall–Kier alpha value is -3.94. The first-order chi connectivity index (χ1) is 13.5. The summed E-state index contributed by atoms with van der Waals surface area (Å²) in [5.74, 6) is 0.325. The van der Waals surface area contributed by atoms with Crippen LogP contribution in [0.3, 0.4) is 0 Å². The highest BCUT2D eigenvalue weighted by Crippen LogP contribution is 2.32. The Labute approximate surface area is 159 Å². The molecule has 0 aliphatic carbocycles. The molecule has 138 valence electrons. The summed E-state index contributed by atoms with van der Waals surface area (Å²) in [5, 5.41) is 33.4. The molecule has 5 aromatic rings. The summed E-state index contributed by atoms with van der Waals surface area (Å²) in [4.78, 5) is 4.56. The Morgan fingerprint density at radius 1 is 0.893 bits per heavy atom. The molecular weight excluding hydrogens is 356 g/mol. The maximum atomic E-state index is 10.2. The third kappa shape index (κ3) is 2.31. The van der Waals surface area contributed by atoms with Crippen LogP contribution in [0.5, 0.6) is 11.5 Å². The van der Waals surface area contributed by atoms with E-state index in [1.807, 2.05) is 6.07 Å². The second-order valence-electron chi connectivity index (χ2n) is 6.73. The predicted octanol–water partition coefficient (Wildman–Crippen LogP) is 3.16. The summed E-state index contributed by atoms with van der Waals surface area (Å²) >= 11 is 0. The number of aromatic nitrogens is 6. The van der Waals surface area contributed by atoms with Crippen molar-refractivity contribution in [2.75, 3.05) is 0 Å². The lowest BCUT2D eigenvalue weighted by molar-refractivity contribution is 0.451. The number of hydrogen-bond acceptors (Lipinski definition) is 6. The molecule has 0 saturated heterocycles.